The zero-order valence-electron chi connectivity index (χ0n) is 17.1. The van der Waals surface area contributed by atoms with Crippen LogP contribution in [0.2, 0.25) is 0 Å². The van der Waals surface area contributed by atoms with Crippen molar-refractivity contribution in [3.8, 4) is 6.07 Å². The maximum absolute atomic E-state index is 13.0. The summed E-state index contributed by atoms with van der Waals surface area (Å²) < 4.78 is 0. The third kappa shape index (κ3) is 3.05. The van der Waals surface area contributed by atoms with Crippen molar-refractivity contribution >= 4 is 17.5 Å². The van der Waals surface area contributed by atoms with Crippen LogP contribution in [0.1, 0.15) is 31.7 Å². The molecule has 0 unspecified atom stereocenters. The molecule has 1 aliphatic carbocycles. The molecule has 4 fully saturated rings. The molecule has 154 valence electrons. The number of rotatable bonds is 5. The van der Waals surface area contributed by atoms with E-state index in [1.165, 1.54) is 0 Å². The number of hydrogen-bond acceptors (Lipinski definition) is 4. The van der Waals surface area contributed by atoms with Crippen LogP contribution in [0, 0.1) is 29.7 Å². The summed E-state index contributed by atoms with van der Waals surface area (Å²) in [5.74, 6) is 0.494. The average Bonchev–Trinajstić information content (AvgIpc) is 3.09. The lowest BCUT2D eigenvalue weighted by atomic mass is 10.1. The Morgan fingerprint density at radius 1 is 1.37 bits per heavy atom. The van der Waals surface area contributed by atoms with Gasteiger partial charge >= 0.3 is 0 Å². The highest BCUT2D eigenvalue weighted by Gasteiger charge is 2.55. The molecule has 0 N–H and O–H groups in total. The molecule has 6 atom stereocenters. The van der Waals surface area contributed by atoms with Crippen LogP contribution in [0.5, 0.6) is 0 Å². The molecule has 1 aromatic rings. The lowest BCUT2D eigenvalue weighted by Crippen LogP contribution is -2.52. The summed E-state index contributed by atoms with van der Waals surface area (Å²) in [6, 6.07) is 9.71. The van der Waals surface area contributed by atoms with Crippen molar-refractivity contribution in [2.24, 2.45) is 11.8 Å². The van der Waals surface area contributed by atoms with Gasteiger partial charge in [-0.05, 0) is 30.7 Å². The van der Waals surface area contributed by atoms with E-state index in [2.05, 4.69) is 15.8 Å². The smallest absolute Gasteiger partial charge is 0.240 e. The Kier molecular flexibility index (Phi) is 4.52. The van der Waals surface area contributed by atoms with Crippen molar-refractivity contribution < 1.29 is 9.59 Å². The van der Waals surface area contributed by atoms with Crippen molar-refractivity contribution in [3.05, 3.63) is 41.2 Å². The summed E-state index contributed by atoms with van der Waals surface area (Å²) in [5.41, 5.74) is 1.57. The zero-order chi connectivity index (χ0) is 21.0. The Hall–Kier alpha value is -2.90. The van der Waals surface area contributed by atoms with Gasteiger partial charge in [0.15, 0.2) is 5.69 Å². The van der Waals surface area contributed by atoms with Crippen LogP contribution >= 0.6 is 0 Å². The van der Waals surface area contributed by atoms with Crippen molar-refractivity contribution in [1.29, 1.82) is 5.26 Å². The van der Waals surface area contributed by atoms with Gasteiger partial charge in [0.05, 0.1) is 18.7 Å². The molecule has 7 nitrogen and oxygen atoms in total. The Balaban J connectivity index is 1.21. The molecule has 0 spiro atoms. The van der Waals surface area contributed by atoms with Crippen LogP contribution in [0.4, 0.5) is 5.69 Å². The monoisotopic (exact) mass is 403 g/mol. The van der Waals surface area contributed by atoms with Crippen molar-refractivity contribution in [2.75, 3.05) is 13.1 Å². The van der Waals surface area contributed by atoms with Gasteiger partial charge in [0.1, 0.15) is 6.04 Å². The molecule has 5 rings (SSSR count). The summed E-state index contributed by atoms with van der Waals surface area (Å²) in [4.78, 5) is 35.4. The molecule has 0 aromatic heterocycles. The molecule has 3 saturated heterocycles. The van der Waals surface area contributed by atoms with Gasteiger partial charge in [0.2, 0.25) is 11.8 Å². The maximum Gasteiger partial charge on any atom is 0.240 e. The number of piperidine rings is 1. The van der Waals surface area contributed by atoms with Crippen molar-refractivity contribution in [3.63, 3.8) is 0 Å². The minimum atomic E-state index is -0.276. The highest BCUT2D eigenvalue weighted by Crippen LogP contribution is 2.48. The van der Waals surface area contributed by atoms with E-state index in [1.54, 1.807) is 6.07 Å². The number of hydrogen-bond donors (Lipinski definition) is 0. The van der Waals surface area contributed by atoms with Gasteiger partial charge in [-0.3, -0.25) is 14.5 Å². The third-order valence-electron chi connectivity index (χ3n) is 7.22. The molecule has 3 aliphatic heterocycles. The van der Waals surface area contributed by atoms with Gasteiger partial charge < -0.3 is 9.80 Å². The molecule has 7 heteroatoms. The molecule has 2 amide bonds. The first-order valence-electron chi connectivity index (χ1n) is 10.7. The maximum atomic E-state index is 13.0. The van der Waals surface area contributed by atoms with E-state index in [-0.39, 0.29) is 41.9 Å². The summed E-state index contributed by atoms with van der Waals surface area (Å²) in [5, 5.41) is 9.37. The van der Waals surface area contributed by atoms with Gasteiger partial charge in [0, 0.05) is 37.6 Å². The minimum absolute atomic E-state index is 0.0644. The summed E-state index contributed by atoms with van der Waals surface area (Å²) in [7, 11) is 0. The minimum Gasteiger partial charge on any atom is -0.333 e. The van der Waals surface area contributed by atoms with E-state index in [0.717, 1.165) is 31.4 Å². The van der Waals surface area contributed by atoms with E-state index in [1.807, 2.05) is 34.9 Å². The number of benzene rings is 1. The highest BCUT2D eigenvalue weighted by atomic mass is 16.2. The molecule has 1 saturated carbocycles. The Morgan fingerprint density at radius 3 is 2.93 bits per heavy atom. The summed E-state index contributed by atoms with van der Waals surface area (Å²) >= 11 is 0. The van der Waals surface area contributed by atoms with E-state index in [4.69, 9.17) is 6.57 Å². The first-order chi connectivity index (χ1) is 14.5. The van der Waals surface area contributed by atoms with Crippen molar-refractivity contribution in [1.82, 2.24) is 14.7 Å². The van der Waals surface area contributed by atoms with Gasteiger partial charge in [-0.1, -0.05) is 31.2 Å². The van der Waals surface area contributed by atoms with Crippen LogP contribution in [-0.2, 0) is 16.1 Å². The second kappa shape index (κ2) is 7.11. The predicted molar refractivity (Wildman–Crippen MR) is 109 cm³/mol. The fourth-order valence-corrected chi connectivity index (χ4v) is 5.64. The molecule has 0 radical (unpaired) electrons. The zero-order valence-corrected chi connectivity index (χ0v) is 17.1. The van der Waals surface area contributed by atoms with Crippen LogP contribution in [-0.4, -0.2) is 63.8 Å². The van der Waals surface area contributed by atoms with Crippen LogP contribution in [0.25, 0.3) is 4.85 Å². The number of fused-ring (bicyclic) bond motifs is 3. The van der Waals surface area contributed by atoms with Gasteiger partial charge in [-0.25, -0.2) is 4.85 Å². The normalized spacial score (nSPS) is 32.6. The second-order valence-electron chi connectivity index (χ2n) is 9.20. The molecule has 4 aliphatic rings. The molecule has 30 heavy (non-hydrogen) atoms. The Bertz CT molecular complexity index is 979. The van der Waals surface area contributed by atoms with Gasteiger partial charge in [-0.15, -0.1) is 0 Å². The molecule has 1 aromatic carbocycles. The number of likely N-dealkylation sites (tertiary alicyclic amines) is 3. The number of nitriles is 1. The largest absolute Gasteiger partial charge is 0.333 e. The summed E-state index contributed by atoms with van der Waals surface area (Å²) in [6.07, 6.45) is 2.65. The van der Waals surface area contributed by atoms with E-state index in [9.17, 15) is 14.9 Å². The molecule has 2 bridgehead atoms. The highest BCUT2D eigenvalue weighted by molar-refractivity contribution is 5.86. The topological polar surface area (TPSA) is 72.0 Å². The number of carbonyl (C=O) groups is 2. The molecular weight excluding hydrogens is 378 g/mol. The van der Waals surface area contributed by atoms with E-state index >= 15 is 0 Å². The lowest BCUT2D eigenvalue weighted by molar-refractivity contribution is -0.141. The number of carbonyl (C=O) groups excluding carboxylic acids is 2. The van der Waals surface area contributed by atoms with Crippen LogP contribution in [0.15, 0.2) is 24.3 Å². The first-order valence-corrected chi connectivity index (χ1v) is 10.7. The number of amides is 2. The van der Waals surface area contributed by atoms with Crippen LogP contribution < -0.4 is 0 Å². The van der Waals surface area contributed by atoms with Gasteiger partial charge in [0.25, 0.3) is 0 Å². The Labute approximate surface area is 176 Å². The number of piperazine rings is 1. The van der Waals surface area contributed by atoms with Crippen molar-refractivity contribution in [2.45, 2.75) is 56.9 Å². The standard InChI is InChI=1S/C23H25N5O2/c1-14(22(29)28-18(10-24)7-16-8-20(16)28)11-26-13-19-9-21(26)23(30)27(19)12-15-4-3-5-17(6-15)25-2/h3-6,14,16,18-21H,7-9,11-13H2,1H3/t14-,16+,18-,19+,20-,21+/m0/s1. The third-order valence-corrected chi connectivity index (χ3v) is 7.22. The lowest BCUT2D eigenvalue weighted by Gasteiger charge is -2.36. The second-order valence-corrected chi connectivity index (χ2v) is 9.20. The quantitative estimate of drug-likeness (QED) is 0.707. The van der Waals surface area contributed by atoms with Crippen LogP contribution in [0.3, 0.4) is 0 Å². The fourth-order valence-electron chi connectivity index (χ4n) is 5.64. The van der Waals surface area contributed by atoms with Gasteiger partial charge in [-0.2, -0.15) is 5.26 Å². The molecule has 3 heterocycles. The number of nitrogens with zero attached hydrogens (tertiary/aromatic N) is 5. The predicted octanol–water partition coefficient (Wildman–Crippen LogP) is 2.17. The molecular formula is C23H25N5O2. The fraction of sp³-hybridized carbons (Fsp3) is 0.565. The Morgan fingerprint density at radius 2 is 2.20 bits per heavy atom. The first kappa shape index (κ1) is 19.1. The SMILES string of the molecule is [C-]#[N+]c1cccc(CN2C(=O)[C@H]3C[C@@H]2CN3C[C@H](C)C(=O)N2[C@H](C#N)C[C@@H]3C[C@@H]32)c1. The average molecular weight is 403 g/mol. The van der Waals surface area contributed by atoms with E-state index < -0.39 is 0 Å². The summed E-state index contributed by atoms with van der Waals surface area (Å²) in [6.45, 7) is 11.0. The van der Waals surface area contributed by atoms with E-state index in [0.29, 0.717) is 24.7 Å².